The number of hydrogen-bond acceptors (Lipinski definition) is 6. The van der Waals surface area contributed by atoms with E-state index in [0.717, 1.165) is 5.56 Å². The second kappa shape index (κ2) is 14.6. The number of carboxylic acids is 2. The summed E-state index contributed by atoms with van der Waals surface area (Å²) in [5, 5.41) is 16.2. The first-order valence-corrected chi connectivity index (χ1v) is 8.69. The molecule has 2 rings (SSSR count). The topological polar surface area (TPSA) is 153 Å². The number of methoxy groups -OCH3 is 1. The fourth-order valence-corrected chi connectivity index (χ4v) is 2.03. The number of hydrogen-bond donors (Lipinski definition) is 3. The van der Waals surface area contributed by atoms with Gasteiger partial charge in [-0.3, -0.25) is 14.4 Å². The van der Waals surface area contributed by atoms with Crippen molar-refractivity contribution in [3.8, 4) is 24.3 Å². The predicted octanol–water partition coefficient (Wildman–Crippen LogP) is 1.78. The lowest BCUT2D eigenvalue weighted by Gasteiger charge is -2.07. The van der Waals surface area contributed by atoms with E-state index < -0.39 is 17.8 Å². The van der Waals surface area contributed by atoms with Crippen molar-refractivity contribution in [2.75, 3.05) is 13.7 Å². The number of primary amides is 1. The van der Waals surface area contributed by atoms with Crippen LogP contribution in [-0.4, -0.2) is 47.6 Å². The lowest BCUT2D eigenvalue weighted by Crippen LogP contribution is -2.21. The van der Waals surface area contributed by atoms with E-state index in [1.165, 1.54) is 0 Å². The van der Waals surface area contributed by atoms with E-state index in [-0.39, 0.29) is 18.8 Å². The van der Waals surface area contributed by atoms with Gasteiger partial charge >= 0.3 is 17.8 Å². The molecule has 164 valence electrons. The summed E-state index contributed by atoms with van der Waals surface area (Å²) in [5.74, 6) is -2.70. The number of carboxylic acid groups (broad SMARTS) is 2. The predicted molar refractivity (Wildman–Crippen MR) is 112 cm³/mol. The Morgan fingerprint density at radius 2 is 1.55 bits per heavy atom. The molecule has 0 unspecified atom stereocenters. The molecule has 0 aromatic heterocycles. The number of carbonyl (C=O) groups is 4. The van der Waals surface area contributed by atoms with Gasteiger partial charge in [0.1, 0.15) is 11.5 Å². The highest BCUT2D eigenvalue weighted by atomic mass is 16.5. The Bertz CT molecular complexity index is 891. The van der Waals surface area contributed by atoms with Crippen LogP contribution in [0.25, 0.3) is 0 Å². The zero-order valence-corrected chi connectivity index (χ0v) is 16.8. The number of nitrogens with two attached hydrogens (primary N) is 1. The van der Waals surface area contributed by atoms with E-state index in [0.29, 0.717) is 23.5 Å². The molecule has 31 heavy (non-hydrogen) atoms. The van der Waals surface area contributed by atoms with Crippen LogP contribution in [0.2, 0.25) is 0 Å². The number of Topliss-reactive ketones (excluding diaryl/α,β-unsaturated/α-hetero) is 1. The van der Waals surface area contributed by atoms with E-state index in [2.05, 4.69) is 18.6 Å². The quantitative estimate of drug-likeness (QED) is 0.326. The van der Waals surface area contributed by atoms with Crippen molar-refractivity contribution in [1.29, 1.82) is 0 Å². The maximum absolute atomic E-state index is 12.1. The summed E-state index contributed by atoms with van der Waals surface area (Å²) >= 11 is 0. The highest BCUT2D eigenvalue weighted by molar-refractivity contribution is 6.30. The maximum Gasteiger partial charge on any atom is 0.394 e. The normalized spacial score (nSPS) is 9.00. The standard InChI is InChI=1S/C18H18O5.C2H3NO3.C2H2/c1-22-16-4-2-3-14(11-16)17(19)12-23-15-8-5-13(6-9-15)7-10-18(20)21;3-1(4)2(5)6;1-2/h2-6,8-9,11H,7,10,12H2,1H3,(H,20,21);(H2,3,4)(H,5,6);1-2H. The van der Waals surface area contributed by atoms with Crippen molar-refractivity contribution in [3.05, 3.63) is 59.7 Å². The Kier molecular flexibility index (Phi) is 12.6. The van der Waals surface area contributed by atoms with Crippen LogP contribution in [0.5, 0.6) is 11.5 Å². The minimum atomic E-state index is -1.60. The SMILES string of the molecule is C#C.COc1cccc(C(=O)COc2ccc(CCC(=O)O)cc2)c1.NC(=O)C(=O)O. The molecule has 0 heterocycles. The zero-order valence-electron chi connectivity index (χ0n) is 16.8. The molecule has 0 atom stereocenters. The van der Waals surface area contributed by atoms with Gasteiger partial charge in [0.2, 0.25) is 0 Å². The number of carbonyl (C=O) groups excluding carboxylic acids is 2. The van der Waals surface area contributed by atoms with Gasteiger partial charge in [-0.1, -0.05) is 24.3 Å². The third-order valence-corrected chi connectivity index (χ3v) is 3.52. The van der Waals surface area contributed by atoms with Crippen LogP contribution in [-0.2, 0) is 20.8 Å². The Morgan fingerprint density at radius 1 is 0.968 bits per heavy atom. The van der Waals surface area contributed by atoms with E-state index in [1.54, 1.807) is 55.6 Å². The van der Waals surface area contributed by atoms with Gasteiger partial charge in [-0.15, -0.1) is 12.8 Å². The molecule has 0 saturated carbocycles. The fourth-order valence-electron chi connectivity index (χ4n) is 2.03. The maximum atomic E-state index is 12.1. The summed E-state index contributed by atoms with van der Waals surface area (Å²) in [7, 11) is 1.55. The second-order valence-electron chi connectivity index (χ2n) is 5.65. The largest absolute Gasteiger partial charge is 0.497 e. The number of amides is 1. The first kappa shape index (κ1) is 26.7. The monoisotopic (exact) mass is 429 g/mol. The van der Waals surface area contributed by atoms with Gasteiger partial charge in [0.05, 0.1) is 7.11 Å². The minimum Gasteiger partial charge on any atom is -0.497 e. The number of terminal acetylenes is 1. The van der Waals surface area contributed by atoms with Gasteiger partial charge in [-0.2, -0.15) is 0 Å². The third-order valence-electron chi connectivity index (χ3n) is 3.52. The lowest BCUT2D eigenvalue weighted by molar-refractivity contribution is -0.148. The molecule has 0 spiro atoms. The molecule has 1 amide bonds. The van der Waals surface area contributed by atoms with Crippen LogP contribution in [0.4, 0.5) is 0 Å². The van der Waals surface area contributed by atoms with Crippen LogP contribution < -0.4 is 15.2 Å². The molecule has 9 heteroatoms. The number of rotatable bonds is 8. The van der Waals surface area contributed by atoms with Gasteiger partial charge in [0.25, 0.3) is 0 Å². The highest BCUT2D eigenvalue weighted by Crippen LogP contribution is 2.16. The van der Waals surface area contributed by atoms with E-state index in [4.69, 9.17) is 19.7 Å². The number of ketones is 1. The van der Waals surface area contributed by atoms with Crippen molar-refractivity contribution in [3.63, 3.8) is 0 Å². The number of ether oxygens (including phenoxy) is 2. The van der Waals surface area contributed by atoms with Crippen LogP contribution in [0.1, 0.15) is 22.3 Å². The summed E-state index contributed by atoms with van der Waals surface area (Å²) in [6.45, 7) is -0.0678. The summed E-state index contributed by atoms with van der Waals surface area (Å²) in [6, 6.07) is 14.0. The smallest absolute Gasteiger partial charge is 0.394 e. The average Bonchev–Trinajstić information content (AvgIpc) is 2.78. The first-order chi connectivity index (χ1) is 14.7. The molecular formula is C22H23NO8. The first-order valence-electron chi connectivity index (χ1n) is 8.69. The van der Waals surface area contributed by atoms with E-state index in [9.17, 15) is 19.2 Å². The van der Waals surface area contributed by atoms with Crippen LogP contribution in [0, 0.1) is 12.8 Å². The van der Waals surface area contributed by atoms with Crippen LogP contribution in [0.15, 0.2) is 48.5 Å². The summed E-state index contributed by atoms with van der Waals surface area (Å²) in [6.07, 6.45) is 8.56. The summed E-state index contributed by atoms with van der Waals surface area (Å²) in [5.41, 5.74) is 5.64. The van der Waals surface area contributed by atoms with Crippen LogP contribution in [0.3, 0.4) is 0 Å². The Morgan fingerprint density at radius 3 is 2.03 bits per heavy atom. The fraction of sp³-hybridized carbons (Fsp3) is 0.182. The van der Waals surface area contributed by atoms with Crippen molar-refractivity contribution in [2.24, 2.45) is 5.73 Å². The molecule has 4 N–H and O–H groups in total. The Hall–Kier alpha value is -4.32. The van der Waals surface area contributed by atoms with Crippen molar-refractivity contribution >= 4 is 23.6 Å². The molecule has 0 fully saturated rings. The van der Waals surface area contributed by atoms with Gasteiger partial charge in [-0.05, 0) is 36.2 Å². The molecule has 9 nitrogen and oxygen atoms in total. The summed E-state index contributed by atoms with van der Waals surface area (Å²) < 4.78 is 10.6. The van der Waals surface area contributed by atoms with Gasteiger partial charge in [0, 0.05) is 12.0 Å². The van der Waals surface area contributed by atoms with Crippen molar-refractivity contribution in [1.82, 2.24) is 0 Å². The molecule has 0 aliphatic heterocycles. The molecule has 0 radical (unpaired) electrons. The lowest BCUT2D eigenvalue weighted by atomic mass is 10.1. The molecule has 0 aliphatic rings. The Labute approximate surface area is 179 Å². The molecular weight excluding hydrogens is 406 g/mol. The second-order valence-corrected chi connectivity index (χ2v) is 5.65. The third kappa shape index (κ3) is 11.3. The number of aryl methyl sites for hydroxylation is 1. The molecule has 0 bridgehead atoms. The number of aliphatic carboxylic acids is 2. The molecule has 0 aliphatic carbocycles. The van der Waals surface area contributed by atoms with Crippen molar-refractivity contribution < 1.29 is 38.9 Å². The molecule has 0 saturated heterocycles. The van der Waals surface area contributed by atoms with Gasteiger partial charge in [-0.25, -0.2) is 4.79 Å². The van der Waals surface area contributed by atoms with Gasteiger partial charge in [0.15, 0.2) is 12.4 Å². The van der Waals surface area contributed by atoms with Crippen LogP contribution >= 0.6 is 0 Å². The van der Waals surface area contributed by atoms with Gasteiger partial charge < -0.3 is 25.4 Å². The van der Waals surface area contributed by atoms with E-state index >= 15 is 0 Å². The zero-order chi connectivity index (χ0) is 23.8. The van der Waals surface area contributed by atoms with Crippen molar-refractivity contribution in [2.45, 2.75) is 12.8 Å². The molecule has 2 aromatic carbocycles. The minimum absolute atomic E-state index is 0.0678. The molecule has 2 aromatic rings. The summed E-state index contributed by atoms with van der Waals surface area (Å²) in [4.78, 5) is 41.2. The van der Waals surface area contributed by atoms with E-state index in [1.807, 2.05) is 0 Å². The number of benzene rings is 2. The average molecular weight is 429 g/mol. The highest BCUT2D eigenvalue weighted by Gasteiger charge is 2.08. The Balaban J connectivity index is 0.000000970.